The van der Waals surface area contributed by atoms with E-state index in [2.05, 4.69) is 1.40 Å². The predicted octanol–water partition coefficient (Wildman–Crippen LogP) is 1.70. The van der Waals surface area contributed by atoms with Gasteiger partial charge in [-0.3, -0.25) is 0 Å². The monoisotopic (exact) mass is 315 g/mol. The van der Waals surface area contributed by atoms with E-state index < -0.39 is 0 Å². The van der Waals surface area contributed by atoms with Gasteiger partial charge in [0.1, 0.15) is 46.0 Å². The largest absolute Gasteiger partial charge is 0.247 e. The van der Waals surface area contributed by atoms with E-state index in [4.69, 9.17) is 0 Å². The summed E-state index contributed by atoms with van der Waals surface area (Å²) < 4.78 is 4.19. The zero-order valence-electron chi connectivity index (χ0n) is 1.74. The quantitative estimate of drug-likeness (QED) is 0.619. The van der Waals surface area contributed by atoms with Crippen molar-refractivity contribution in [1.29, 1.82) is 0 Å². The Kier molecular flexibility index (Phi) is 21.5. The Morgan fingerprint density at radius 1 is 1.25 bits per heavy atom. The van der Waals surface area contributed by atoms with Crippen LogP contribution in [0.2, 0.25) is 0 Å². The molecule has 4 heteroatoms. The molecule has 0 aliphatic heterocycles. The Morgan fingerprint density at radius 3 is 1.25 bits per heavy atom. The molecule has 0 aromatic heterocycles. The van der Waals surface area contributed by atoms with Crippen LogP contribution in [0.25, 0.3) is 0 Å². The third-order valence-corrected chi connectivity index (χ3v) is 0. The Morgan fingerprint density at radius 2 is 1.25 bits per heavy atom. The molecule has 0 rings (SSSR count). The van der Waals surface area contributed by atoms with Gasteiger partial charge in [-0.15, -0.1) is 0 Å². The Labute approximate surface area is 72.0 Å². The third-order valence-electron chi connectivity index (χ3n) is 0. The van der Waals surface area contributed by atoms with Gasteiger partial charge in [-0.25, -0.2) is 1.40 Å². The summed E-state index contributed by atoms with van der Waals surface area (Å²) in [5, 5.41) is 0. The van der Waals surface area contributed by atoms with Crippen molar-refractivity contribution in [2.75, 3.05) is 0 Å². The molecule has 0 amide bonds. The first-order chi connectivity index (χ1) is 1.41. The molecule has 0 aliphatic carbocycles. The average molecular weight is 315 g/mol. The maximum absolute atomic E-state index is 4.19. The summed E-state index contributed by atoms with van der Waals surface area (Å²) in [7, 11) is 0. The van der Waals surface area contributed by atoms with Crippen LogP contribution in [0, 0.1) is 0 Å². The van der Waals surface area contributed by atoms with Crippen LogP contribution in [0.5, 0.6) is 0 Å². The van der Waals surface area contributed by atoms with Crippen LogP contribution in [0.4, 0.5) is 0 Å². The molecule has 0 N–H and O–H groups in total. The molecule has 0 unspecified atom stereocenters. The molecule has 0 aromatic rings. The first-order valence-corrected chi connectivity index (χ1v) is 2.07. The van der Waals surface area contributed by atoms with Crippen LogP contribution in [-0.4, -0.2) is 0 Å². The molecule has 23 valence electrons. The Balaban J connectivity index is 0. The van der Waals surface area contributed by atoms with Crippen molar-refractivity contribution < 1.29 is 27.2 Å². The van der Waals surface area contributed by atoms with Gasteiger partial charge in [-0.2, -0.15) is 0 Å². The van der Waals surface area contributed by atoms with Crippen molar-refractivity contribution in [3.05, 3.63) is 0 Å². The van der Waals surface area contributed by atoms with Gasteiger partial charge < -0.3 is 0 Å². The minimum absolute atomic E-state index is 0. The minimum Gasteiger partial charge on any atom is -0.247 e. The second-order valence-electron chi connectivity index (χ2n) is 0.0583. The van der Waals surface area contributed by atoms with Gasteiger partial charge in [0.25, 0.3) is 0 Å². The van der Waals surface area contributed by atoms with Crippen molar-refractivity contribution in [2.24, 2.45) is 0 Å². The molecule has 0 heterocycles. The van der Waals surface area contributed by atoms with E-state index in [1.165, 1.54) is 0 Å². The first kappa shape index (κ1) is 9.56. The summed E-state index contributed by atoms with van der Waals surface area (Å²) in [6.45, 7) is 0. The molecule has 1 nitrogen and oxygen atoms in total. The van der Waals surface area contributed by atoms with Gasteiger partial charge in [0, 0.05) is 25.8 Å². The molecule has 0 saturated carbocycles. The van der Waals surface area contributed by atoms with E-state index in [-0.39, 0.29) is 25.8 Å². The molecule has 0 saturated heterocycles. The molecular formula is I2OSc. The average Bonchev–Trinajstić information content (AvgIpc) is 0.918. The van der Waals surface area contributed by atoms with Crippen LogP contribution in [0.3, 0.4) is 0 Å². The number of rotatable bonds is 0. The van der Waals surface area contributed by atoms with Gasteiger partial charge in [0.15, 0.2) is 0 Å². The fraction of sp³-hybridized carbons (Fsp3) is 0. The summed E-state index contributed by atoms with van der Waals surface area (Å²) in [5.41, 5.74) is 0. The smallest absolute Gasteiger partial charge is 0.124 e. The second-order valence-corrected chi connectivity index (χ2v) is 2.62. The minimum atomic E-state index is 0. The molecule has 0 aliphatic rings. The summed E-state index contributed by atoms with van der Waals surface area (Å²) in [6.07, 6.45) is 0. The van der Waals surface area contributed by atoms with E-state index in [1.807, 2.05) is 0 Å². The van der Waals surface area contributed by atoms with Gasteiger partial charge in [-0.1, -0.05) is 0 Å². The molecule has 0 bridgehead atoms. The molecule has 0 spiro atoms. The van der Waals surface area contributed by atoms with Gasteiger partial charge >= 0.3 is 0 Å². The van der Waals surface area contributed by atoms with Crippen LogP contribution in [0.1, 0.15) is 0 Å². The van der Waals surface area contributed by atoms with Crippen LogP contribution < -0.4 is 0 Å². The SMILES string of the molecule is IOI.[Sc]. The van der Waals surface area contributed by atoms with Gasteiger partial charge in [-0.05, 0) is 0 Å². The summed E-state index contributed by atoms with van der Waals surface area (Å²) in [6, 6.07) is 0. The Hall–Kier alpha value is 2.29. The molecule has 0 aromatic carbocycles. The summed E-state index contributed by atoms with van der Waals surface area (Å²) in [5.74, 6) is 0. The maximum Gasteiger partial charge on any atom is 0.124 e. The van der Waals surface area contributed by atoms with Crippen LogP contribution in [-0.2, 0) is 27.2 Å². The normalized spacial score (nSPS) is 4.50. The zero-order chi connectivity index (χ0) is 2.71. The maximum atomic E-state index is 4.19. The topological polar surface area (TPSA) is 9.23 Å². The van der Waals surface area contributed by atoms with Gasteiger partial charge in [0.05, 0.1) is 0 Å². The van der Waals surface area contributed by atoms with E-state index in [0.717, 1.165) is 0 Å². The molecule has 0 atom stereocenters. The predicted molar refractivity (Wildman–Crippen MR) is 29.1 cm³/mol. The van der Waals surface area contributed by atoms with E-state index in [9.17, 15) is 0 Å². The van der Waals surface area contributed by atoms with Crippen molar-refractivity contribution in [2.45, 2.75) is 0 Å². The number of halogens is 2. The number of hydrogen-bond donors (Lipinski definition) is 0. The van der Waals surface area contributed by atoms with E-state index in [0.29, 0.717) is 0 Å². The van der Waals surface area contributed by atoms with Crippen molar-refractivity contribution in [3.63, 3.8) is 0 Å². The third kappa shape index (κ3) is 8.85. The Bertz CT molecular complexity index is 6.00. The van der Waals surface area contributed by atoms with Crippen LogP contribution >= 0.6 is 46.0 Å². The fourth-order valence-electron chi connectivity index (χ4n) is 0. The standard InChI is InChI=1S/I2O.Sc/c1-3-2;. The fourth-order valence-corrected chi connectivity index (χ4v) is 0. The zero-order valence-corrected chi connectivity index (χ0v) is 7.86. The number of hydrogen-bond acceptors (Lipinski definition) is 1. The van der Waals surface area contributed by atoms with E-state index >= 15 is 0 Å². The first-order valence-electron chi connectivity index (χ1n) is 0.309. The second kappa shape index (κ2) is 8.99. The molecule has 4 heavy (non-hydrogen) atoms. The van der Waals surface area contributed by atoms with Gasteiger partial charge in [0.2, 0.25) is 0 Å². The molecule has 0 fully saturated rings. The molecule has 1 radical (unpaired) electrons. The van der Waals surface area contributed by atoms with Crippen molar-refractivity contribution >= 4 is 46.0 Å². The summed E-state index contributed by atoms with van der Waals surface area (Å²) in [4.78, 5) is 0. The summed E-state index contributed by atoms with van der Waals surface area (Å²) >= 11 is 3.55. The van der Waals surface area contributed by atoms with Crippen molar-refractivity contribution in [3.8, 4) is 0 Å². The van der Waals surface area contributed by atoms with E-state index in [1.54, 1.807) is 46.0 Å². The molecular weight excluding hydrogens is 315 g/mol. The van der Waals surface area contributed by atoms with Crippen LogP contribution in [0.15, 0.2) is 0 Å². The van der Waals surface area contributed by atoms with Crippen molar-refractivity contribution in [1.82, 2.24) is 0 Å².